The van der Waals surface area contributed by atoms with Gasteiger partial charge in [0.15, 0.2) is 0 Å². The van der Waals surface area contributed by atoms with Gasteiger partial charge < -0.3 is 5.11 Å². The Bertz CT molecular complexity index is 972. The van der Waals surface area contributed by atoms with Crippen LogP contribution in [0.2, 0.25) is 0 Å². The molecule has 0 aliphatic carbocycles. The summed E-state index contributed by atoms with van der Waals surface area (Å²) in [5.74, 6) is -1.00. The van der Waals surface area contributed by atoms with Crippen LogP contribution in [0.1, 0.15) is 30.0 Å². The lowest BCUT2D eigenvalue weighted by atomic mass is 9.90. The smallest absolute Gasteiger partial charge is 0.307 e. The predicted molar refractivity (Wildman–Crippen MR) is 120 cm³/mol. The van der Waals surface area contributed by atoms with E-state index in [-0.39, 0.29) is 12.0 Å². The highest BCUT2D eigenvalue weighted by Crippen LogP contribution is 2.36. The van der Waals surface area contributed by atoms with Crippen molar-refractivity contribution in [2.24, 2.45) is 5.92 Å². The molecule has 3 aromatic carbocycles. The lowest BCUT2D eigenvalue weighted by Gasteiger charge is -2.38. The molecule has 0 spiro atoms. The SMILES string of the molecule is O=C(O)C1CCCN(C(c2ccc(-c3ccccc3)cc2)c2ccccc2Br)C1. The van der Waals surface area contributed by atoms with Crippen molar-refractivity contribution in [1.29, 1.82) is 0 Å². The molecule has 1 N–H and O–H groups in total. The monoisotopic (exact) mass is 449 g/mol. The van der Waals surface area contributed by atoms with E-state index in [0.717, 1.165) is 23.9 Å². The van der Waals surface area contributed by atoms with E-state index in [2.05, 4.69) is 69.4 Å². The number of aliphatic carboxylic acids is 1. The van der Waals surface area contributed by atoms with Crippen molar-refractivity contribution >= 4 is 21.9 Å². The minimum absolute atomic E-state index is 0.0255. The Morgan fingerprint density at radius 3 is 2.28 bits per heavy atom. The molecule has 1 saturated heterocycles. The summed E-state index contributed by atoms with van der Waals surface area (Å²) in [6.07, 6.45) is 1.65. The molecule has 148 valence electrons. The second-order valence-corrected chi connectivity index (χ2v) is 8.44. The normalized spacial score (nSPS) is 18.3. The molecule has 2 unspecified atom stereocenters. The Balaban J connectivity index is 1.71. The van der Waals surface area contributed by atoms with Crippen LogP contribution in [0.25, 0.3) is 11.1 Å². The number of piperidine rings is 1. The third-order valence-electron chi connectivity index (χ3n) is 5.70. The number of rotatable bonds is 5. The molecule has 2 atom stereocenters. The molecular weight excluding hydrogens is 426 g/mol. The van der Waals surface area contributed by atoms with Crippen molar-refractivity contribution in [3.8, 4) is 11.1 Å². The van der Waals surface area contributed by atoms with Gasteiger partial charge in [0.1, 0.15) is 0 Å². The molecule has 0 radical (unpaired) electrons. The molecular formula is C25H24BrNO2. The van der Waals surface area contributed by atoms with Crippen LogP contribution in [0.4, 0.5) is 0 Å². The van der Waals surface area contributed by atoms with E-state index in [0.29, 0.717) is 6.54 Å². The van der Waals surface area contributed by atoms with Crippen LogP contribution in [0.5, 0.6) is 0 Å². The highest BCUT2D eigenvalue weighted by Gasteiger charge is 2.32. The van der Waals surface area contributed by atoms with Crippen molar-refractivity contribution in [3.63, 3.8) is 0 Å². The summed E-state index contributed by atoms with van der Waals surface area (Å²) in [4.78, 5) is 13.9. The third kappa shape index (κ3) is 4.44. The predicted octanol–water partition coefficient (Wildman–Crippen LogP) is 6.00. The molecule has 1 heterocycles. The third-order valence-corrected chi connectivity index (χ3v) is 6.42. The first kappa shape index (κ1) is 19.9. The molecule has 1 aliphatic rings. The van der Waals surface area contributed by atoms with E-state index in [1.807, 2.05) is 30.3 Å². The first-order chi connectivity index (χ1) is 14.1. The molecule has 0 saturated carbocycles. The molecule has 3 nitrogen and oxygen atoms in total. The maximum atomic E-state index is 11.6. The van der Waals surface area contributed by atoms with Gasteiger partial charge in [-0.25, -0.2) is 0 Å². The summed E-state index contributed by atoms with van der Waals surface area (Å²) in [7, 11) is 0. The van der Waals surface area contributed by atoms with Crippen molar-refractivity contribution in [2.75, 3.05) is 13.1 Å². The number of hydrogen-bond acceptors (Lipinski definition) is 2. The number of carbonyl (C=O) groups is 1. The fraction of sp³-hybridized carbons (Fsp3) is 0.240. The molecule has 1 fully saturated rings. The fourth-order valence-electron chi connectivity index (χ4n) is 4.21. The van der Waals surface area contributed by atoms with Crippen molar-refractivity contribution in [2.45, 2.75) is 18.9 Å². The van der Waals surface area contributed by atoms with E-state index < -0.39 is 5.97 Å². The average molecular weight is 450 g/mol. The largest absolute Gasteiger partial charge is 0.481 e. The number of benzene rings is 3. The number of hydrogen-bond donors (Lipinski definition) is 1. The Kier molecular flexibility index (Phi) is 6.12. The zero-order chi connectivity index (χ0) is 20.2. The summed E-state index contributed by atoms with van der Waals surface area (Å²) >= 11 is 3.71. The molecule has 4 rings (SSSR count). The van der Waals surface area contributed by atoms with Gasteiger partial charge >= 0.3 is 5.97 Å². The average Bonchev–Trinajstić information content (AvgIpc) is 2.77. The van der Waals surface area contributed by atoms with Gasteiger partial charge in [0.2, 0.25) is 0 Å². The zero-order valence-corrected chi connectivity index (χ0v) is 17.8. The summed E-state index contributed by atoms with van der Waals surface area (Å²) in [6, 6.07) is 27.3. The van der Waals surface area contributed by atoms with E-state index in [4.69, 9.17) is 0 Å². The van der Waals surface area contributed by atoms with E-state index in [1.165, 1.54) is 22.3 Å². The Morgan fingerprint density at radius 1 is 0.931 bits per heavy atom. The second-order valence-electron chi connectivity index (χ2n) is 7.58. The lowest BCUT2D eigenvalue weighted by Crippen LogP contribution is -2.41. The van der Waals surface area contributed by atoms with E-state index in [1.54, 1.807) is 0 Å². The van der Waals surface area contributed by atoms with Gasteiger partial charge in [-0.1, -0.05) is 88.7 Å². The first-order valence-electron chi connectivity index (χ1n) is 10.00. The van der Waals surface area contributed by atoms with Gasteiger partial charge in [0.25, 0.3) is 0 Å². The standard InChI is InChI=1S/C25H24BrNO2/c26-23-11-5-4-10-22(23)24(27-16-6-9-21(17-27)25(28)29)20-14-12-19(13-15-20)18-7-2-1-3-8-18/h1-5,7-8,10-15,21,24H,6,9,16-17H2,(H,28,29). The summed E-state index contributed by atoms with van der Waals surface area (Å²) < 4.78 is 1.05. The Morgan fingerprint density at radius 2 is 1.59 bits per heavy atom. The molecule has 0 amide bonds. The van der Waals surface area contributed by atoms with Crippen molar-refractivity contribution < 1.29 is 9.90 Å². The van der Waals surface area contributed by atoms with Crippen molar-refractivity contribution in [1.82, 2.24) is 4.90 Å². The Labute approximate surface area is 180 Å². The van der Waals surface area contributed by atoms with Gasteiger partial charge in [-0.05, 0) is 47.7 Å². The van der Waals surface area contributed by atoms with Gasteiger partial charge in [0, 0.05) is 11.0 Å². The van der Waals surface area contributed by atoms with Crippen LogP contribution in [0.3, 0.4) is 0 Å². The maximum absolute atomic E-state index is 11.6. The Hall–Kier alpha value is -2.43. The maximum Gasteiger partial charge on any atom is 0.307 e. The first-order valence-corrected chi connectivity index (χ1v) is 10.8. The van der Waals surface area contributed by atoms with E-state index >= 15 is 0 Å². The van der Waals surface area contributed by atoms with Crippen LogP contribution in [0.15, 0.2) is 83.3 Å². The lowest BCUT2D eigenvalue weighted by molar-refractivity contribution is -0.143. The molecule has 3 aromatic rings. The van der Waals surface area contributed by atoms with Gasteiger partial charge in [-0.15, -0.1) is 0 Å². The summed E-state index contributed by atoms with van der Waals surface area (Å²) in [5, 5.41) is 9.56. The molecule has 29 heavy (non-hydrogen) atoms. The number of likely N-dealkylation sites (tertiary alicyclic amines) is 1. The van der Waals surface area contributed by atoms with Crippen LogP contribution in [-0.4, -0.2) is 29.1 Å². The minimum atomic E-state index is -0.694. The summed E-state index contributed by atoms with van der Waals surface area (Å²) in [5.41, 5.74) is 4.73. The van der Waals surface area contributed by atoms with Crippen LogP contribution in [0, 0.1) is 5.92 Å². The highest BCUT2D eigenvalue weighted by atomic mass is 79.9. The number of carboxylic acid groups (broad SMARTS) is 1. The van der Waals surface area contributed by atoms with Gasteiger partial charge in [-0.3, -0.25) is 9.69 Å². The zero-order valence-electron chi connectivity index (χ0n) is 16.2. The summed E-state index contributed by atoms with van der Waals surface area (Å²) in [6.45, 7) is 1.47. The van der Waals surface area contributed by atoms with Crippen LogP contribution >= 0.6 is 15.9 Å². The molecule has 4 heteroatoms. The van der Waals surface area contributed by atoms with Crippen molar-refractivity contribution in [3.05, 3.63) is 94.5 Å². The number of carboxylic acids is 1. The molecule has 0 bridgehead atoms. The van der Waals surface area contributed by atoms with E-state index in [9.17, 15) is 9.90 Å². The van der Waals surface area contributed by atoms with Crippen LogP contribution < -0.4 is 0 Å². The molecule has 1 aliphatic heterocycles. The highest BCUT2D eigenvalue weighted by molar-refractivity contribution is 9.10. The number of nitrogens with zero attached hydrogens (tertiary/aromatic N) is 1. The minimum Gasteiger partial charge on any atom is -0.481 e. The quantitative estimate of drug-likeness (QED) is 0.518. The van der Waals surface area contributed by atoms with Crippen LogP contribution in [-0.2, 0) is 4.79 Å². The molecule has 0 aromatic heterocycles. The van der Waals surface area contributed by atoms with Gasteiger partial charge in [0.05, 0.1) is 12.0 Å². The topological polar surface area (TPSA) is 40.5 Å². The van der Waals surface area contributed by atoms with Gasteiger partial charge in [-0.2, -0.15) is 0 Å². The fourth-order valence-corrected chi connectivity index (χ4v) is 4.72. The second kappa shape index (κ2) is 8.93. The number of halogens is 1.